The second-order valence-electron chi connectivity index (χ2n) is 9.70. The van der Waals surface area contributed by atoms with E-state index in [1.807, 2.05) is 17.5 Å². The van der Waals surface area contributed by atoms with Gasteiger partial charge in [0.15, 0.2) is 5.65 Å². The Kier molecular flexibility index (Phi) is 5.12. The monoisotopic (exact) mass is 499 g/mol. The van der Waals surface area contributed by atoms with Gasteiger partial charge in [0, 0.05) is 55.5 Å². The summed E-state index contributed by atoms with van der Waals surface area (Å²) in [6, 6.07) is 15.2. The summed E-state index contributed by atoms with van der Waals surface area (Å²) in [6.07, 6.45) is 9.26. The topological polar surface area (TPSA) is 69.4 Å². The molecule has 2 aliphatic rings. The van der Waals surface area contributed by atoms with Gasteiger partial charge in [-0.2, -0.15) is 5.10 Å². The van der Waals surface area contributed by atoms with Crippen LogP contribution in [-0.4, -0.2) is 20.2 Å². The Bertz CT molecular complexity index is 1830. The molecule has 5 aromatic rings. The number of H-pyrrole nitrogens is 2. The molecular formula is C31H25N5S. The highest BCUT2D eigenvalue weighted by Gasteiger charge is 2.25. The summed E-state index contributed by atoms with van der Waals surface area (Å²) in [5.41, 5.74) is 9.02. The van der Waals surface area contributed by atoms with Crippen molar-refractivity contribution in [3.63, 3.8) is 0 Å². The van der Waals surface area contributed by atoms with Crippen LogP contribution in [0.25, 0.3) is 49.3 Å². The van der Waals surface area contributed by atoms with Gasteiger partial charge in [-0.15, -0.1) is 11.3 Å². The molecule has 0 saturated heterocycles. The van der Waals surface area contributed by atoms with E-state index in [-0.39, 0.29) is 0 Å². The average molecular weight is 500 g/mol. The van der Waals surface area contributed by atoms with Crippen molar-refractivity contribution in [3.8, 4) is 33.7 Å². The number of aromatic nitrogens is 4. The molecule has 2 aliphatic carbocycles. The number of thiophene rings is 1. The van der Waals surface area contributed by atoms with Crippen molar-refractivity contribution in [1.82, 2.24) is 25.5 Å². The van der Waals surface area contributed by atoms with E-state index in [0.717, 1.165) is 44.8 Å². The van der Waals surface area contributed by atoms with Gasteiger partial charge in [0.05, 0.1) is 17.1 Å². The number of nitrogens with zero attached hydrogens (tertiary/aromatic N) is 2. The zero-order valence-corrected chi connectivity index (χ0v) is 21.3. The average Bonchev–Trinajstić information content (AvgIpc) is 3.42. The molecule has 0 aliphatic heterocycles. The first-order valence-corrected chi connectivity index (χ1v) is 13.3. The second kappa shape index (κ2) is 8.65. The van der Waals surface area contributed by atoms with Crippen molar-refractivity contribution in [2.75, 3.05) is 0 Å². The van der Waals surface area contributed by atoms with Crippen LogP contribution in [-0.2, 0) is 0 Å². The summed E-state index contributed by atoms with van der Waals surface area (Å²) in [6.45, 7) is 6.34. The van der Waals surface area contributed by atoms with Gasteiger partial charge in [-0.05, 0) is 73.6 Å². The molecule has 0 bridgehead atoms. The molecule has 4 aromatic heterocycles. The van der Waals surface area contributed by atoms with E-state index < -0.39 is 0 Å². The Morgan fingerprint density at radius 2 is 2.08 bits per heavy atom. The molecule has 37 heavy (non-hydrogen) atoms. The van der Waals surface area contributed by atoms with Crippen LogP contribution >= 0.6 is 11.3 Å². The maximum absolute atomic E-state index is 4.68. The van der Waals surface area contributed by atoms with E-state index in [4.69, 9.17) is 0 Å². The summed E-state index contributed by atoms with van der Waals surface area (Å²) in [4.78, 5) is 10.9. The lowest BCUT2D eigenvalue weighted by molar-refractivity contribution is 0.869. The summed E-state index contributed by atoms with van der Waals surface area (Å²) in [5.74, 6) is 7.04. The number of hydrogen-bond acceptors (Lipinski definition) is 4. The molecule has 6 heteroatoms. The molecule has 0 atom stereocenters. The summed E-state index contributed by atoms with van der Waals surface area (Å²) in [7, 11) is 0. The minimum absolute atomic E-state index is 0.575. The molecule has 0 radical (unpaired) electrons. The number of pyridine rings is 1. The first-order chi connectivity index (χ1) is 18.1. The van der Waals surface area contributed by atoms with Gasteiger partial charge in [0.25, 0.3) is 0 Å². The Morgan fingerprint density at radius 1 is 1.16 bits per heavy atom. The van der Waals surface area contributed by atoms with Crippen LogP contribution < -0.4 is 5.32 Å². The molecular weight excluding hydrogens is 474 g/mol. The van der Waals surface area contributed by atoms with Gasteiger partial charge in [-0.25, -0.2) is 4.98 Å². The van der Waals surface area contributed by atoms with E-state index in [9.17, 15) is 0 Å². The lowest BCUT2D eigenvalue weighted by Crippen LogP contribution is -2.12. The van der Waals surface area contributed by atoms with Crippen LogP contribution in [0.1, 0.15) is 29.7 Å². The van der Waals surface area contributed by atoms with Crippen LogP contribution in [0, 0.1) is 24.7 Å². The molecule has 5 nitrogen and oxygen atoms in total. The van der Waals surface area contributed by atoms with Gasteiger partial charge in [0.1, 0.15) is 0 Å². The fourth-order valence-electron chi connectivity index (χ4n) is 4.88. The summed E-state index contributed by atoms with van der Waals surface area (Å²) >= 11 is 1.82. The number of rotatable bonds is 6. The van der Waals surface area contributed by atoms with Gasteiger partial charge in [0.2, 0.25) is 0 Å². The summed E-state index contributed by atoms with van der Waals surface area (Å²) < 4.78 is 0. The standard InChI is InChI=1S/C31H25N5S/c1-18-10-13-29(37-18)24-8-5-9-27-25(24)16-28(34-27)30-26-15-22(17-32-31(26)36-35-30)21-6-3-4-7-23(14-21)33-19(2)20-11-12-20/h5-6,8-10,13-17,20,33-34H,2-3,11-12H2,1H3,(H,32,35,36). The van der Waals surface area contributed by atoms with Gasteiger partial charge >= 0.3 is 0 Å². The third-order valence-electron chi connectivity index (χ3n) is 6.99. The lowest BCUT2D eigenvalue weighted by atomic mass is 10.0. The van der Waals surface area contributed by atoms with Crippen LogP contribution in [0.4, 0.5) is 0 Å². The highest BCUT2D eigenvalue weighted by molar-refractivity contribution is 7.15. The minimum Gasteiger partial charge on any atom is -0.353 e. The number of benzene rings is 1. The van der Waals surface area contributed by atoms with E-state index in [2.05, 4.69) is 105 Å². The first kappa shape index (κ1) is 21.9. The fraction of sp³-hybridized carbons (Fsp3) is 0.161. The number of nitrogens with one attached hydrogen (secondary N) is 3. The molecule has 1 aromatic carbocycles. The smallest absolute Gasteiger partial charge is 0.181 e. The summed E-state index contributed by atoms with van der Waals surface area (Å²) in [5, 5.41) is 13.3. The Labute approximate surface area is 219 Å². The largest absolute Gasteiger partial charge is 0.353 e. The SMILES string of the molecule is C=C(NC1=CC(c2cnc3n[nH]c(-c4cc5c(-c6ccc(C)s6)cccc5[nH]4)c3c2)=CCC#C1)C1CC1. The van der Waals surface area contributed by atoms with Crippen molar-refractivity contribution in [2.24, 2.45) is 5.92 Å². The number of aromatic amines is 2. The van der Waals surface area contributed by atoms with Crippen molar-refractivity contribution in [3.05, 3.63) is 89.2 Å². The lowest BCUT2D eigenvalue weighted by Gasteiger charge is -2.09. The molecule has 3 N–H and O–H groups in total. The van der Waals surface area contributed by atoms with E-state index >= 15 is 0 Å². The van der Waals surface area contributed by atoms with Crippen LogP contribution in [0.15, 0.2) is 78.8 Å². The number of hydrogen-bond donors (Lipinski definition) is 3. The van der Waals surface area contributed by atoms with Crippen molar-refractivity contribution < 1.29 is 0 Å². The van der Waals surface area contributed by atoms with Crippen LogP contribution in [0.3, 0.4) is 0 Å². The van der Waals surface area contributed by atoms with Crippen molar-refractivity contribution >= 4 is 38.8 Å². The molecule has 1 saturated carbocycles. The first-order valence-electron chi connectivity index (χ1n) is 12.5. The van der Waals surface area contributed by atoms with Crippen LogP contribution in [0.5, 0.6) is 0 Å². The zero-order chi connectivity index (χ0) is 24.9. The van der Waals surface area contributed by atoms with Crippen molar-refractivity contribution in [2.45, 2.75) is 26.2 Å². The number of aryl methyl sites for hydroxylation is 1. The van der Waals surface area contributed by atoms with Gasteiger partial charge in [-0.1, -0.05) is 30.7 Å². The molecule has 0 spiro atoms. The van der Waals surface area contributed by atoms with E-state index in [1.165, 1.54) is 33.5 Å². The van der Waals surface area contributed by atoms with Crippen molar-refractivity contribution in [1.29, 1.82) is 0 Å². The molecule has 180 valence electrons. The molecule has 0 unspecified atom stereocenters. The van der Waals surface area contributed by atoms with Gasteiger partial charge in [-0.3, -0.25) is 5.10 Å². The van der Waals surface area contributed by atoms with E-state index in [1.54, 1.807) is 0 Å². The quantitative estimate of drug-likeness (QED) is 0.214. The number of fused-ring (bicyclic) bond motifs is 2. The zero-order valence-electron chi connectivity index (χ0n) is 20.5. The third kappa shape index (κ3) is 4.08. The number of allylic oxidation sites excluding steroid dienone is 5. The molecule has 7 rings (SSSR count). The Hall–Kier alpha value is -4.34. The van der Waals surface area contributed by atoms with Crippen LogP contribution in [0.2, 0.25) is 0 Å². The predicted octanol–water partition coefficient (Wildman–Crippen LogP) is 7.33. The Morgan fingerprint density at radius 3 is 2.92 bits per heavy atom. The second-order valence-corrected chi connectivity index (χ2v) is 11.0. The molecule has 4 heterocycles. The van der Waals surface area contributed by atoms with Gasteiger partial charge < -0.3 is 10.3 Å². The fourth-order valence-corrected chi connectivity index (χ4v) is 5.79. The van der Waals surface area contributed by atoms with E-state index in [0.29, 0.717) is 18.0 Å². The Balaban J connectivity index is 1.27. The molecule has 0 amide bonds. The highest BCUT2D eigenvalue weighted by atomic mass is 32.1. The predicted molar refractivity (Wildman–Crippen MR) is 153 cm³/mol. The maximum atomic E-state index is 4.68. The molecule has 1 fully saturated rings. The normalized spacial score (nSPS) is 15.2. The minimum atomic E-state index is 0.575. The third-order valence-corrected chi connectivity index (χ3v) is 8.03. The highest BCUT2D eigenvalue weighted by Crippen LogP contribution is 2.37. The maximum Gasteiger partial charge on any atom is 0.181 e.